The van der Waals surface area contributed by atoms with Crippen molar-refractivity contribution in [1.82, 2.24) is 4.98 Å². The molecular weight excluding hydrogens is 262 g/mol. The molecule has 1 heterocycles. The van der Waals surface area contributed by atoms with Crippen LogP contribution >= 0.6 is 0 Å². The van der Waals surface area contributed by atoms with Crippen LogP contribution < -0.4 is 11.1 Å². The third kappa shape index (κ3) is 2.90. The summed E-state index contributed by atoms with van der Waals surface area (Å²) in [6.07, 6.45) is 1.74. The Morgan fingerprint density at radius 1 is 1.10 bits per heavy atom. The summed E-state index contributed by atoms with van der Waals surface area (Å²) in [5.74, 6) is -0.144. The molecule has 0 saturated carbocycles. The number of fused-ring (bicyclic) bond motifs is 1. The van der Waals surface area contributed by atoms with Crippen LogP contribution in [-0.4, -0.2) is 10.9 Å². The van der Waals surface area contributed by atoms with Gasteiger partial charge in [0.2, 0.25) is 0 Å². The fourth-order valence-corrected chi connectivity index (χ4v) is 2.20. The first-order valence-electron chi connectivity index (χ1n) is 6.71. The molecule has 0 saturated heterocycles. The minimum atomic E-state index is -0.144. The van der Waals surface area contributed by atoms with Gasteiger partial charge < -0.3 is 11.1 Å². The number of rotatable bonds is 3. The molecule has 0 aliphatic carbocycles. The van der Waals surface area contributed by atoms with Gasteiger partial charge >= 0.3 is 0 Å². The van der Waals surface area contributed by atoms with Gasteiger partial charge in [-0.3, -0.25) is 9.78 Å². The first kappa shape index (κ1) is 13.3. The summed E-state index contributed by atoms with van der Waals surface area (Å²) in [7, 11) is 0. The normalized spacial score (nSPS) is 10.5. The van der Waals surface area contributed by atoms with Crippen LogP contribution in [0.3, 0.4) is 0 Å². The van der Waals surface area contributed by atoms with Crippen molar-refractivity contribution in [2.45, 2.75) is 6.54 Å². The topological polar surface area (TPSA) is 68.0 Å². The molecule has 21 heavy (non-hydrogen) atoms. The van der Waals surface area contributed by atoms with Gasteiger partial charge in [-0.25, -0.2) is 0 Å². The number of pyridine rings is 1. The van der Waals surface area contributed by atoms with Gasteiger partial charge in [-0.2, -0.15) is 0 Å². The van der Waals surface area contributed by atoms with E-state index < -0.39 is 0 Å². The highest BCUT2D eigenvalue weighted by atomic mass is 16.1. The summed E-state index contributed by atoms with van der Waals surface area (Å²) < 4.78 is 0. The molecule has 3 aromatic rings. The number of nitrogens with zero attached hydrogens (tertiary/aromatic N) is 1. The van der Waals surface area contributed by atoms with E-state index in [4.69, 9.17) is 5.73 Å². The van der Waals surface area contributed by atoms with Crippen LogP contribution in [0.25, 0.3) is 10.9 Å². The van der Waals surface area contributed by atoms with Crippen LogP contribution in [0.4, 0.5) is 5.69 Å². The summed E-state index contributed by atoms with van der Waals surface area (Å²) in [6, 6.07) is 16.8. The number of benzene rings is 2. The number of carbonyl (C=O) groups excluding carboxylic acids is 1. The molecule has 0 atom stereocenters. The van der Waals surface area contributed by atoms with Crippen molar-refractivity contribution in [2.24, 2.45) is 5.73 Å². The van der Waals surface area contributed by atoms with E-state index in [0.29, 0.717) is 12.1 Å². The van der Waals surface area contributed by atoms with Gasteiger partial charge in [0.05, 0.1) is 5.52 Å². The second-order valence-electron chi connectivity index (χ2n) is 4.77. The van der Waals surface area contributed by atoms with E-state index in [2.05, 4.69) is 10.3 Å². The molecule has 3 rings (SSSR count). The van der Waals surface area contributed by atoms with Crippen molar-refractivity contribution in [2.75, 3.05) is 5.32 Å². The number of aromatic nitrogens is 1. The molecule has 1 amide bonds. The van der Waals surface area contributed by atoms with Gasteiger partial charge in [0.15, 0.2) is 0 Å². The number of nitrogens with two attached hydrogens (primary N) is 1. The van der Waals surface area contributed by atoms with Crippen molar-refractivity contribution in [3.8, 4) is 0 Å². The number of carbonyl (C=O) groups is 1. The molecule has 0 bridgehead atoms. The molecule has 0 spiro atoms. The lowest BCUT2D eigenvalue weighted by Crippen LogP contribution is -2.12. The standard InChI is InChI=1S/C17H15N3O/c18-11-12-3-1-5-15(9-12)20-17(21)14-6-7-16-13(10-14)4-2-8-19-16/h1-10H,11,18H2,(H,20,21). The van der Waals surface area contributed by atoms with Crippen molar-refractivity contribution in [3.63, 3.8) is 0 Å². The zero-order valence-electron chi connectivity index (χ0n) is 11.4. The van der Waals surface area contributed by atoms with E-state index in [1.54, 1.807) is 12.3 Å². The maximum absolute atomic E-state index is 12.3. The van der Waals surface area contributed by atoms with E-state index in [9.17, 15) is 4.79 Å². The smallest absolute Gasteiger partial charge is 0.255 e. The predicted molar refractivity (Wildman–Crippen MR) is 84.0 cm³/mol. The minimum Gasteiger partial charge on any atom is -0.326 e. The number of hydrogen-bond donors (Lipinski definition) is 2. The summed E-state index contributed by atoms with van der Waals surface area (Å²) in [5, 5.41) is 3.83. The third-order valence-corrected chi connectivity index (χ3v) is 3.29. The second-order valence-corrected chi connectivity index (χ2v) is 4.77. The second kappa shape index (κ2) is 5.73. The van der Waals surface area contributed by atoms with E-state index in [1.165, 1.54) is 0 Å². The average Bonchev–Trinajstić information content (AvgIpc) is 2.54. The van der Waals surface area contributed by atoms with E-state index in [1.807, 2.05) is 48.5 Å². The molecule has 0 fully saturated rings. The van der Waals surface area contributed by atoms with E-state index in [-0.39, 0.29) is 5.91 Å². The molecule has 4 heteroatoms. The first-order chi connectivity index (χ1) is 10.3. The monoisotopic (exact) mass is 277 g/mol. The van der Waals surface area contributed by atoms with Crippen LogP contribution in [0.15, 0.2) is 60.8 Å². The maximum atomic E-state index is 12.3. The first-order valence-corrected chi connectivity index (χ1v) is 6.71. The minimum absolute atomic E-state index is 0.144. The summed E-state index contributed by atoms with van der Waals surface area (Å²) in [6.45, 7) is 0.450. The number of hydrogen-bond acceptors (Lipinski definition) is 3. The van der Waals surface area contributed by atoms with Gasteiger partial charge in [0, 0.05) is 29.4 Å². The van der Waals surface area contributed by atoms with Crippen LogP contribution in [0.2, 0.25) is 0 Å². The quantitative estimate of drug-likeness (QED) is 0.773. The Kier molecular flexibility index (Phi) is 3.62. The lowest BCUT2D eigenvalue weighted by Gasteiger charge is -2.07. The fraction of sp³-hybridized carbons (Fsp3) is 0.0588. The fourth-order valence-electron chi connectivity index (χ4n) is 2.20. The van der Waals surface area contributed by atoms with Crippen molar-refractivity contribution < 1.29 is 4.79 Å². The SMILES string of the molecule is NCc1cccc(NC(=O)c2ccc3ncccc3c2)c1. The Hall–Kier alpha value is -2.72. The zero-order chi connectivity index (χ0) is 14.7. The van der Waals surface area contributed by atoms with Crippen LogP contribution in [-0.2, 0) is 6.54 Å². The molecule has 2 aromatic carbocycles. The van der Waals surface area contributed by atoms with Gasteiger partial charge in [0.1, 0.15) is 0 Å². The molecule has 0 aliphatic heterocycles. The lowest BCUT2D eigenvalue weighted by molar-refractivity contribution is 0.102. The average molecular weight is 277 g/mol. The zero-order valence-corrected chi connectivity index (χ0v) is 11.4. The molecule has 0 radical (unpaired) electrons. The molecule has 3 N–H and O–H groups in total. The number of anilines is 1. The highest BCUT2D eigenvalue weighted by molar-refractivity contribution is 6.06. The summed E-state index contributed by atoms with van der Waals surface area (Å²) >= 11 is 0. The van der Waals surface area contributed by atoms with Crippen molar-refractivity contribution >= 4 is 22.5 Å². The Morgan fingerprint density at radius 3 is 2.86 bits per heavy atom. The number of amides is 1. The van der Waals surface area contributed by atoms with E-state index >= 15 is 0 Å². The number of nitrogens with one attached hydrogen (secondary N) is 1. The summed E-state index contributed by atoms with van der Waals surface area (Å²) in [4.78, 5) is 16.5. The summed E-state index contributed by atoms with van der Waals surface area (Å²) in [5.41, 5.74) is 8.81. The Morgan fingerprint density at radius 2 is 2.00 bits per heavy atom. The van der Waals surface area contributed by atoms with Crippen LogP contribution in [0.5, 0.6) is 0 Å². The Bertz CT molecular complexity index is 799. The largest absolute Gasteiger partial charge is 0.326 e. The van der Waals surface area contributed by atoms with Gasteiger partial charge in [-0.05, 0) is 42.0 Å². The molecular formula is C17H15N3O. The Balaban J connectivity index is 1.86. The molecule has 4 nitrogen and oxygen atoms in total. The maximum Gasteiger partial charge on any atom is 0.255 e. The van der Waals surface area contributed by atoms with Gasteiger partial charge in [0.25, 0.3) is 5.91 Å². The predicted octanol–water partition coefficient (Wildman–Crippen LogP) is 2.95. The van der Waals surface area contributed by atoms with Crippen LogP contribution in [0, 0.1) is 0 Å². The van der Waals surface area contributed by atoms with Crippen LogP contribution in [0.1, 0.15) is 15.9 Å². The van der Waals surface area contributed by atoms with Gasteiger partial charge in [-0.15, -0.1) is 0 Å². The molecule has 104 valence electrons. The molecule has 1 aromatic heterocycles. The van der Waals surface area contributed by atoms with E-state index in [0.717, 1.165) is 22.2 Å². The molecule has 0 aliphatic rings. The highest BCUT2D eigenvalue weighted by Gasteiger charge is 2.07. The van der Waals surface area contributed by atoms with Gasteiger partial charge in [-0.1, -0.05) is 18.2 Å². The third-order valence-electron chi connectivity index (χ3n) is 3.29. The highest BCUT2D eigenvalue weighted by Crippen LogP contribution is 2.16. The molecule has 0 unspecified atom stereocenters. The van der Waals surface area contributed by atoms with Crippen molar-refractivity contribution in [3.05, 3.63) is 71.9 Å². The Labute approximate surface area is 122 Å². The van der Waals surface area contributed by atoms with Crippen molar-refractivity contribution in [1.29, 1.82) is 0 Å². The lowest BCUT2D eigenvalue weighted by atomic mass is 10.1.